The van der Waals surface area contributed by atoms with Crippen molar-refractivity contribution in [2.24, 2.45) is 0 Å². The maximum Gasteiger partial charge on any atom is 0.257 e. The van der Waals surface area contributed by atoms with Gasteiger partial charge in [0.1, 0.15) is 16.9 Å². The Morgan fingerprint density at radius 3 is 2.43 bits per heavy atom. The summed E-state index contributed by atoms with van der Waals surface area (Å²) in [5.74, 6) is 0.237. The molecule has 0 atom stereocenters. The standard InChI is InChI=1S/C24H27N5O/c1-2-3-9-16-29-22(25)20(24(30)26-15-14-17-10-5-4-6-11-17)21-23(29)28-19-13-8-7-12-18(19)27-21/h4-8,10-13H,2-3,9,14-16,25H2,1H3,(H,26,30). The van der Waals surface area contributed by atoms with Crippen LogP contribution in [0.15, 0.2) is 54.6 Å². The average Bonchev–Trinajstić information content (AvgIpc) is 3.03. The zero-order valence-corrected chi connectivity index (χ0v) is 17.3. The summed E-state index contributed by atoms with van der Waals surface area (Å²) in [5, 5.41) is 3.01. The molecule has 4 aromatic rings. The van der Waals surface area contributed by atoms with Crippen LogP contribution < -0.4 is 11.1 Å². The van der Waals surface area contributed by atoms with E-state index in [9.17, 15) is 4.79 Å². The molecule has 0 fully saturated rings. The molecule has 0 saturated carbocycles. The Balaban J connectivity index is 1.67. The Bertz CT molecular complexity index is 1170. The predicted molar refractivity (Wildman–Crippen MR) is 121 cm³/mol. The lowest BCUT2D eigenvalue weighted by Crippen LogP contribution is -2.26. The minimum atomic E-state index is -0.202. The first-order valence-corrected chi connectivity index (χ1v) is 10.6. The summed E-state index contributed by atoms with van der Waals surface area (Å²) < 4.78 is 1.94. The van der Waals surface area contributed by atoms with Crippen LogP contribution in [0.4, 0.5) is 5.82 Å². The van der Waals surface area contributed by atoms with Crippen molar-refractivity contribution < 1.29 is 4.79 Å². The maximum atomic E-state index is 13.1. The van der Waals surface area contributed by atoms with Gasteiger partial charge < -0.3 is 15.6 Å². The zero-order chi connectivity index (χ0) is 20.9. The Morgan fingerprint density at radius 1 is 1.00 bits per heavy atom. The molecule has 154 valence electrons. The fraction of sp³-hybridized carbons (Fsp3) is 0.292. The van der Waals surface area contributed by atoms with Gasteiger partial charge in [-0.15, -0.1) is 0 Å². The molecule has 0 spiro atoms. The molecule has 30 heavy (non-hydrogen) atoms. The number of hydrogen-bond acceptors (Lipinski definition) is 4. The van der Waals surface area contributed by atoms with Gasteiger partial charge in [0.05, 0.1) is 11.0 Å². The van der Waals surface area contributed by atoms with Crippen LogP contribution in [-0.4, -0.2) is 27.0 Å². The number of aromatic nitrogens is 3. The quantitative estimate of drug-likeness (QED) is 0.430. The fourth-order valence-corrected chi connectivity index (χ4v) is 3.74. The number of nitrogens with one attached hydrogen (secondary N) is 1. The molecule has 0 aliphatic heterocycles. The van der Waals surface area contributed by atoms with E-state index >= 15 is 0 Å². The summed E-state index contributed by atoms with van der Waals surface area (Å²) in [7, 11) is 0. The molecule has 0 unspecified atom stereocenters. The van der Waals surface area contributed by atoms with Gasteiger partial charge in [0, 0.05) is 13.1 Å². The molecule has 2 heterocycles. The summed E-state index contributed by atoms with van der Waals surface area (Å²) in [6, 6.07) is 17.8. The van der Waals surface area contributed by atoms with E-state index in [1.54, 1.807) is 0 Å². The number of aryl methyl sites for hydroxylation is 1. The first-order chi connectivity index (χ1) is 14.7. The highest BCUT2D eigenvalue weighted by Crippen LogP contribution is 2.28. The van der Waals surface area contributed by atoms with E-state index in [4.69, 9.17) is 15.7 Å². The van der Waals surface area contributed by atoms with Crippen LogP contribution in [0, 0.1) is 0 Å². The number of para-hydroxylation sites is 2. The van der Waals surface area contributed by atoms with Gasteiger partial charge in [0.25, 0.3) is 5.91 Å². The van der Waals surface area contributed by atoms with Gasteiger partial charge in [-0.25, -0.2) is 9.97 Å². The Labute approximate surface area is 176 Å². The second-order valence-corrected chi connectivity index (χ2v) is 7.50. The summed E-state index contributed by atoms with van der Waals surface area (Å²) >= 11 is 0. The molecule has 6 nitrogen and oxygen atoms in total. The number of nitrogen functional groups attached to an aromatic ring is 1. The average molecular weight is 402 g/mol. The van der Waals surface area contributed by atoms with Crippen LogP contribution in [0.5, 0.6) is 0 Å². The second-order valence-electron chi connectivity index (χ2n) is 7.50. The van der Waals surface area contributed by atoms with Gasteiger partial charge >= 0.3 is 0 Å². The van der Waals surface area contributed by atoms with E-state index in [-0.39, 0.29) is 5.91 Å². The Morgan fingerprint density at radius 2 is 1.70 bits per heavy atom. The van der Waals surface area contributed by atoms with Crippen molar-refractivity contribution in [2.45, 2.75) is 39.2 Å². The topological polar surface area (TPSA) is 85.8 Å². The summed E-state index contributed by atoms with van der Waals surface area (Å²) in [4.78, 5) is 22.6. The number of benzene rings is 2. The smallest absolute Gasteiger partial charge is 0.257 e. The summed E-state index contributed by atoms with van der Waals surface area (Å²) in [6.07, 6.45) is 3.95. The first-order valence-electron chi connectivity index (χ1n) is 10.6. The second kappa shape index (κ2) is 8.95. The number of fused-ring (bicyclic) bond motifs is 2. The lowest BCUT2D eigenvalue weighted by atomic mass is 10.1. The van der Waals surface area contributed by atoms with Crippen molar-refractivity contribution in [3.05, 3.63) is 65.7 Å². The highest BCUT2D eigenvalue weighted by Gasteiger charge is 2.23. The summed E-state index contributed by atoms with van der Waals surface area (Å²) in [6.45, 7) is 3.42. The molecule has 1 amide bonds. The molecule has 6 heteroatoms. The van der Waals surface area contributed by atoms with Crippen LogP contribution >= 0.6 is 0 Å². The molecule has 3 N–H and O–H groups in total. The number of anilines is 1. The SMILES string of the molecule is CCCCCn1c(N)c(C(=O)NCCc2ccccc2)c2nc3ccccc3nc21. The Hall–Kier alpha value is -3.41. The van der Waals surface area contributed by atoms with Crippen LogP contribution in [0.2, 0.25) is 0 Å². The molecular formula is C24H27N5O. The molecular weight excluding hydrogens is 374 g/mol. The lowest BCUT2D eigenvalue weighted by Gasteiger charge is -2.08. The van der Waals surface area contributed by atoms with Gasteiger partial charge in [0.15, 0.2) is 5.65 Å². The molecule has 0 aliphatic carbocycles. The van der Waals surface area contributed by atoms with E-state index in [0.717, 1.165) is 43.3 Å². The van der Waals surface area contributed by atoms with Gasteiger partial charge in [-0.1, -0.05) is 62.2 Å². The highest BCUT2D eigenvalue weighted by molar-refractivity contribution is 6.10. The van der Waals surface area contributed by atoms with Crippen molar-refractivity contribution in [1.29, 1.82) is 0 Å². The molecule has 2 aromatic heterocycles. The van der Waals surface area contributed by atoms with Gasteiger partial charge in [-0.05, 0) is 30.5 Å². The zero-order valence-electron chi connectivity index (χ0n) is 17.3. The van der Waals surface area contributed by atoms with Gasteiger partial charge in [-0.3, -0.25) is 4.79 Å². The van der Waals surface area contributed by atoms with E-state index in [2.05, 4.69) is 24.4 Å². The molecule has 2 aromatic carbocycles. The van der Waals surface area contributed by atoms with Crippen molar-refractivity contribution in [2.75, 3.05) is 12.3 Å². The van der Waals surface area contributed by atoms with Crippen LogP contribution in [0.3, 0.4) is 0 Å². The molecule has 4 rings (SSSR count). The number of nitrogens with zero attached hydrogens (tertiary/aromatic N) is 3. The van der Waals surface area contributed by atoms with E-state index in [0.29, 0.717) is 29.1 Å². The van der Waals surface area contributed by atoms with E-state index in [1.165, 1.54) is 5.56 Å². The van der Waals surface area contributed by atoms with Crippen molar-refractivity contribution in [3.63, 3.8) is 0 Å². The molecule has 0 radical (unpaired) electrons. The van der Waals surface area contributed by atoms with Crippen molar-refractivity contribution >= 4 is 33.9 Å². The number of hydrogen-bond donors (Lipinski definition) is 2. The number of nitrogens with two attached hydrogens (primary N) is 1. The highest BCUT2D eigenvalue weighted by atomic mass is 16.1. The normalized spacial score (nSPS) is 11.2. The number of rotatable bonds is 8. The molecule has 0 bridgehead atoms. The van der Waals surface area contributed by atoms with E-state index in [1.807, 2.05) is 47.0 Å². The third-order valence-electron chi connectivity index (χ3n) is 5.35. The molecule has 0 aliphatic rings. The number of unbranched alkanes of at least 4 members (excludes halogenated alkanes) is 2. The first kappa shape index (κ1) is 19.9. The largest absolute Gasteiger partial charge is 0.384 e. The third kappa shape index (κ3) is 3.99. The fourth-order valence-electron chi connectivity index (χ4n) is 3.74. The minimum Gasteiger partial charge on any atom is -0.384 e. The summed E-state index contributed by atoms with van der Waals surface area (Å²) in [5.41, 5.74) is 10.9. The predicted octanol–water partition coefficient (Wildman–Crippen LogP) is 4.33. The minimum absolute atomic E-state index is 0.202. The third-order valence-corrected chi connectivity index (χ3v) is 5.35. The Kier molecular flexibility index (Phi) is 5.93. The van der Waals surface area contributed by atoms with Crippen molar-refractivity contribution in [3.8, 4) is 0 Å². The van der Waals surface area contributed by atoms with E-state index < -0.39 is 0 Å². The molecule has 0 saturated heterocycles. The van der Waals surface area contributed by atoms with Crippen molar-refractivity contribution in [1.82, 2.24) is 19.9 Å². The monoisotopic (exact) mass is 401 g/mol. The van der Waals surface area contributed by atoms with Gasteiger partial charge in [0.2, 0.25) is 0 Å². The lowest BCUT2D eigenvalue weighted by molar-refractivity contribution is 0.0956. The number of carbonyl (C=O) groups is 1. The number of carbonyl (C=O) groups excluding carboxylic acids is 1. The van der Waals surface area contributed by atoms with Crippen LogP contribution in [-0.2, 0) is 13.0 Å². The van der Waals surface area contributed by atoms with Crippen LogP contribution in [0.1, 0.15) is 42.1 Å². The maximum absolute atomic E-state index is 13.1. The van der Waals surface area contributed by atoms with Gasteiger partial charge in [-0.2, -0.15) is 0 Å². The van der Waals surface area contributed by atoms with Crippen LogP contribution in [0.25, 0.3) is 22.2 Å². The number of amides is 1.